The third-order valence-corrected chi connectivity index (χ3v) is 3.88. The number of rotatable bonds is 6. The van der Waals surface area contributed by atoms with Gasteiger partial charge in [0.05, 0.1) is 12.6 Å². The van der Waals surface area contributed by atoms with E-state index in [2.05, 4.69) is 39.3 Å². The van der Waals surface area contributed by atoms with Gasteiger partial charge in [0.2, 0.25) is 0 Å². The molecule has 3 aromatic rings. The molecule has 2 N–H and O–H groups in total. The topological polar surface area (TPSA) is 75.9 Å². The fraction of sp³-hybridized carbons (Fsp3) is 0.235. The highest BCUT2D eigenvalue weighted by molar-refractivity contribution is 5.42. The maximum atomic E-state index is 9.75. The molecule has 6 heteroatoms. The van der Waals surface area contributed by atoms with Crippen molar-refractivity contribution in [1.29, 1.82) is 0 Å². The Balaban J connectivity index is 1.78. The maximum Gasteiger partial charge on any atom is 0.143 e. The molecule has 0 bridgehead atoms. The number of imidazole rings is 1. The normalized spacial score (nSPS) is 13.5. The van der Waals surface area contributed by atoms with Crippen LogP contribution in [0.3, 0.4) is 0 Å². The van der Waals surface area contributed by atoms with E-state index < -0.39 is 0 Å². The minimum absolute atomic E-state index is 0.0144. The Morgan fingerprint density at radius 2 is 2.04 bits per heavy atom. The monoisotopic (exact) mass is 309 g/mol. The number of anilines is 1. The Morgan fingerprint density at radius 1 is 1.22 bits per heavy atom. The summed E-state index contributed by atoms with van der Waals surface area (Å²) in [5, 5.41) is 13.0. The first-order valence-electron chi connectivity index (χ1n) is 7.50. The molecule has 0 aliphatic rings. The third-order valence-electron chi connectivity index (χ3n) is 3.88. The van der Waals surface area contributed by atoms with Crippen LogP contribution in [0.25, 0.3) is 5.82 Å². The number of aliphatic hydroxyl groups excluding tert-OH is 1. The van der Waals surface area contributed by atoms with Crippen LogP contribution in [-0.4, -0.2) is 37.3 Å². The van der Waals surface area contributed by atoms with Gasteiger partial charge in [0.25, 0.3) is 0 Å². The smallest absolute Gasteiger partial charge is 0.143 e. The molecule has 2 aromatic heterocycles. The summed E-state index contributed by atoms with van der Waals surface area (Å²) in [6.07, 6.45) is 6.70. The van der Waals surface area contributed by atoms with Gasteiger partial charge in [-0.3, -0.25) is 4.57 Å². The molecule has 0 fully saturated rings. The lowest BCUT2D eigenvalue weighted by molar-refractivity contribution is 0.261. The highest BCUT2D eigenvalue weighted by Gasteiger charge is 2.18. The molecule has 2 atom stereocenters. The van der Waals surface area contributed by atoms with Gasteiger partial charge >= 0.3 is 0 Å². The van der Waals surface area contributed by atoms with Gasteiger partial charge in [-0.25, -0.2) is 15.0 Å². The number of nitrogens with one attached hydrogen (secondary N) is 1. The minimum Gasteiger partial charge on any atom is -0.394 e. The largest absolute Gasteiger partial charge is 0.394 e. The van der Waals surface area contributed by atoms with Gasteiger partial charge in [-0.15, -0.1) is 0 Å². The van der Waals surface area contributed by atoms with E-state index in [0.717, 1.165) is 5.82 Å². The molecule has 3 rings (SSSR count). The van der Waals surface area contributed by atoms with Gasteiger partial charge in [-0.2, -0.15) is 0 Å². The predicted octanol–water partition coefficient (Wildman–Crippen LogP) is 2.24. The van der Waals surface area contributed by atoms with Crippen LogP contribution in [0.2, 0.25) is 0 Å². The summed E-state index contributed by atoms with van der Waals surface area (Å²) in [6, 6.07) is 11.8. The van der Waals surface area contributed by atoms with Crippen molar-refractivity contribution >= 4 is 5.82 Å². The molecule has 1 aromatic carbocycles. The van der Waals surface area contributed by atoms with E-state index in [4.69, 9.17) is 0 Å². The Morgan fingerprint density at radius 3 is 2.74 bits per heavy atom. The summed E-state index contributed by atoms with van der Waals surface area (Å²) in [5.41, 5.74) is 1.17. The lowest BCUT2D eigenvalue weighted by atomic mass is 9.94. The summed E-state index contributed by atoms with van der Waals surface area (Å²) >= 11 is 0. The van der Waals surface area contributed by atoms with Crippen LogP contribution < -0.4 is 5.32 Å². The van der Waals surface area contributed by atoms with Crippen LogP contribution in [0.5, 0.6) is 0 Å². The van der Waals surface area contributed by atoms with Crippen molar-refractivity contribution < 1.29 is 5.11 Å². The molecule has 6 nitrogen and oxygen atoms in total. The molecule has 0 saturated heterocycles. The minimum atomic E-state index is -0.136. The van der Waals surface area contributed by atoms with Gasteiger partial charge in [-0.05, 0) is 5.56 Å². The molecule has 23 heavy (non-hydrogen) atoms. The van der Waals surface area contributed by atoms with Crippen LogP contribution in [0.15, 0.2) is 61.4 Å². The highest BCUT2D eigenvalue weighted by Crippen LogP contribution is 2.21. The highest BCUT2D eigenvalue weighted by atomic mass is 16.3. The average Bonchev–Trinajstić information content (AvgIpc) is 3.15. The van der Waals surface area contributed by atoms with Crippen molar-refractivity contribution in [1.82, 2.24) is 19.5 Å². The van der Waals surface area contributed by atoms with E-state index in [-0.39, 0.29) is 18.6 Å². The number of nitrogens with zero attached hydrogens (tertiary/aromatic N) is 4. The van der Waals surface area contributed by atoms with Gasteiger partial charge in [0, 0.05) is 24.4 Å². The SMILES string of the molecule is C[C@H](c1ccccc1)[C@H](CO)Nc1cc(-n2ccnc2)ncn1. The van der Waals surface area contributed by atoms with Crippen molar-refractivity contribution in [2.24, 2.45) is 0 Å². The first-order valence-corrected chi connectivity index (χ1v) is 7.50. The molecule has 118 valence electrons. The molecular formula is C17H19N5O. The summed E-state index contributed by atoms with van der Waals surface area (Å²) in [4.78, 5) is 12.5. The Bertz CT molecular complexity index is 730. The average molecular weight is 309 g/mol. The molecule has 0 unspecified atom stereocenters. The molecule has 0 aliphatic carbocycles. The quantitative estimate of drug-likeness (QED) is 0.730. The fourth-order valence-electron chi connectivity index (χ4n) is 2.47. The molecule has 0 radical (unpaired) electrons. The van der Waals surface area contributed by atoms with Crippen LogP contribution in [0, 0.1) is 0 Å². The molecule has 0 saturated carbocycles. The zero-order valence-electron chi connectivity index (χ0n) is 12.9. The zero-order chi connectivity index (χ0) is 16.1. The van der Waals surface area contributed by atoms with Crippen LogP contribution in [0.4, 0.5) is 5.82 Å². The number of hydrogen-bond donors (Lipinski definition) is 2. The Kier molecular flexibility index (Phi) is 4.63. The molecular weight excluding hydrogens is 290 g/mol. The Hall–Kier alpha value is -2.73. The molecule has 0 aliphatic heterocycles. The van der Waals surface area contributed by atoms with Crippen LogP contribution >= 0.6 is 0 Å². The van der Waals surface area contributed by atoms with Gasteiger partial charge in [0.15, 0.2) is 0 Å². The predicted molar refractivity (Wildman–Crippen MR) is 88.5 cm³/mol. The van der Waals surface area contributed by atoms with Gasteiger partial charge < -0.3 is 10.4 Å². The second-order valence-corrected chi connectivity index (χ2v) is 5.36. The fourth-order valence-corrected chi connectivity index (χ4v) is 2.47. The number of aromatic nitrogens is 4. The number of aliphatic hydroxyl groups is 1. The summed E-state index contributed by atoms with van der Waals surface area (Å²) in [5.74, 6) is 1.54. The first-order chi connectivity index (χ1) is 11.3. The van der Waals surface area contributed by atoms with Crippen molar-refractivity contribution in [3.8, 4) is 5.82 Å². The van der Waals surface area contributed by atoms with E-state index in [1.54, 1.807) is 17.1 Å². The van der Waals surface area contributed by atoms with Crippen LogP contribution in [-0.2, 0) is 0 Å². The second-order valence-electron chi connectivity index (χ2n) is 5.36. The molecule has 2 heterocycles. The summed E-state index contributed by atoms with van der Waals surface area (Å²) in [6.45, 7) is 2.10. The maximum absolute atomic E-state index is 9.75. The van der Waals surface area contributed by atoms with E-state index in [9.17, 15) is 5.11 Å². The summed E-state index contributed by atoms with van der Waals surface area (Å²) in [7, 11) is 0. The van der Waals surface area contributed by atoms with E-state index >= 15 is 0 Å². The first kappa shape index (κ1) is 15.2. The lowest BCUT2D eigenvalue weighted by Gasteiger charge is -2.24. The van der Waals surface area contributed by atoms with Gasteiger partial charge in [0.1, 0.15) is 24.3 Å². The van der Waals surface area contributed by atoms with Crippen molar-refractivity contribution in [2.75, 3.05) is 11.9 Å². The van der Waals surface area contributed by atoms with E-state index in [1.807, 2.05) is 30.5 Å². The van der Waals surface area contributed by atoms with Gasteiger partial charge in [-0.1, -0.05) is 37.3 Å². The summed E-state index contributed by atoms with van der Waals surface area (Å²) < 4.78 is 1.81. The van der Waals surface area contributed by atoms with Crippen molar-refractivity contribution in [3.63, 3.8) is 0 Å². The standard InChI is InChI=1S/C17H19N5O/c1-13(14-5-3-2-4-6-14)15(10-23)21-16-9-17(20-11-19-16)22-8-7-18-12-22/h2-9,11-13,15,23H,10H2,1H3,(H,19,20,21)/t13-,15+/m1/s1. The Labute approximate surface area is 134 Å². The molecule has 0 spiro atoms. The third kappa shape index (κ3) is 3.54. The zero-order valence-corrected chi connectivity index (χ0v) is 12.9. The molecule has 0 amide bonds. The van der Waals surface area contributed by atoms with E-state index in [1.165, 1.54) is 11.9 Å². The number of hydrogen-bond acceptors (Lipinski definition) is 5. The van der Waals surface area contributed by atoms with Crippen LogP contribution in [0.1, 0.15) is 18.4 Å². The van der Waals surface area contributed by atoms with Crippen molar-refractivity contribution in [3.05, 3.63) is 67.0 Å². The second kappa shape index (κ2) is 7.02. The van der Waals surface area contributed by atoms with E-state index in [0.29, 0.717) is 5.82 Å². The van der Waals surface area contributed by atoms with Crippen molar-refractivity contribution in [2.45, 2.75) is 18.9 Å². The number of benzene rings is 1. The lowest BCUT2D eigenvalue weighted by Crippen LogP contribution is -2.30.